The molecule has 0 radical (unpaired) electrons. The number of aryl methyl sites for hydroxylation is 2. The van der Waals surface area contributed by atoms with Gasteiger partial charge in [-0.25, -0.2) is 4.98 Å². The number of fused-ring (bicyclic) bond motifs is 1. The fourth-order valence-electron chi connectivity index (χ4n) is 2.40. The van der Waals surface area contributed by atoms with E-state index in [1.165, 1.54) is 36.3 Å². The summed E-state index contributed by atoms with van der Waals surface area (Å²) >= 11 is 1.62. The van der Waals surface area contributed by atoms with Crippen molar-refractivity contribution in [2.45, 2.75) is 64.3 Å². The number of aromatic nitrogens is 1. The Labute approximate surface area is 118 Å². The van der Waals surface area contributed by atoms with E-state index in [0.29, 0.717) is 0 Å². The molecule has 2 rings (SSSR count). The quantitative estimate of drug-likeness (QED) is 0.891. The minimum atomic E-state index is -0.420. The molecular weight excluding hydrogens is 258 g/mol. The van der Waals surface area contributed by atoms with Crippen molar-refractivity contribution in [2.24, 2.45) is 5.73 Å². The van der Waals surface area contributed by atoms with Gasteiger partial charge in [-0.1, -0.05) is 26.2 Å². The number of carbonyl (C=O) groups is 1. The maximum Gasteiger partial charge on any atom is 0.243 e. The zero-order valence-electron chi connectivity index (χ0n) is 11.6. The summed E-state index contributed by atoms with van der Waals surface area (Å²) in [5.41, 5.74) is 7.00. The summed E-state index contributed by atoms with van der Waals surface area (Å²) in [6.45, 7) is 2.03. The van der Waals surface area contributed by atoms with Crippen LogP contribution in [0.15, 0.2) is 0 Å². The molecule has 1 atom stereocenters. The van der Waals surface area contributed by atoms with Crippen LogP contribution >= 0.6 is 11.3 Å². The van der Waals surface area contributed by atoms with E-state index in [4.69, 9.17) is 5.73 Å². The number of anilines is 1. The maximum atomic E-state index is 11.9. The van der Waals surface area contributed by atoms with E-state index in [1.54, 1.807) is 11.3 Å². The lowest BCUT2D eigenvalue weighted by Gasteiger charge is -2.08. The molecule has 0 aromatic carbocycles. The SMILES string of the molecule is CCCC(N)C(=O)Nc1nc2c(s1)CCCCCC2. The zero-order valence-corrected chi connectivity index (χ0v) is 12.4. The Morgan fingerprint density at radius 3 is 2.84 bits per heavy atom. The molecule has 1 aliphatic carbocycles. The summed E-state index contributed by atoms with van der Waals surface area (Å²) in [6, 6.07) is -0.420. The van der Waals surface area contributed by atoms with Gasteiger partial charge in [0.15, 0.2) is 5.13 Å². The Morgan fingerprint density at radius 2 is 2.11 bits per heavy atom. The Kier molecular flexibility index (Phi) is 5.34. The van der Waals surface area contributed by atoms with Crippen LogP contribution in [0, 0.1) is 0 Å². The van der Waals surface area contributed by atoms with Gasteiger partial charge in [-0.2, -0.15) is 0 Å². The van der Waals surface area contributed by atoms with Crippen LogP contribution in [0.1, 0.15) is 56.0 Å². The monoisotopic (exact) mass is 281 g/mol. The van der Waals surface area contributed by atoms with Crippen molar-refractivity contribution in [3.8, 4) is 0 Å². The van der Waals surface area contributed by atoms with Gasteiger partial charge >= 0.3 is 0 Å². The van der Waals surface area contributed by atoms with Gasteiger partial charge in [-0.15, -0.1) is 11.3 Å². The van der Waals surface area contributed by atoms with E-state index in [9.17, 15) is 4.79 Å². The Balaban J connectivity index is 2.01. The number of rotatable bonds is 4. The van der Waals surface area contributed by atoms with Gasteiger partial charge in [0.05, 0.1) is 11.7 Å². The second-order valence-corrected chi connectivity index (χ2v) is 6.27. The average molecular weight is 281 g/mol. The minimum absolute atomic E-state index is 0.108. The van der Waals surface area contributed by atoms with Crippen molar-refractivity contribution in [1.82, 2.24) is 4.98 Å². The number of hydrogen-bond donors (Lipinski definition) is 2. The molecule has 0 fully saturated rings. The van der Waals surface area contributed by atoms with E-state index < -0.39 is 6.04 Å². The number of nitrogens with zero attached hydrogens (tertiary/aromatic N) is 1. The minimum Gasteiger partial charge on any atom is -0.320 e. The molecule has 4 nitrogen and oxygen atoms in total. The van der Waals surface area contributed by atoms with Crippen LogP contribution < -0.4 is 11.1 Å². The van der Waals surface area contributed by atoms with Gasteiger partial charge in [0.2, 0.25) is 5.91 Å². The number of thiazole rings is 1. The summed E-state index contributed by atoms with van der Waals surface area (Å²) in [4.78, 5) is 17.8. The number of hydrogen-bond acceptors (Lipinski definition) is 4. The predicted molar refractivity (Wildman–Crippen MR) is 79.5 cm³/mol. The van der Waals surface area contributed by atoms with E-state index in [0.717, 1.165) is 30.8 Å². The molecule has 3 N–H and O–H groups in total. The van der Waals surface area contributed by atoms with E-state index >= 15 is 0 Å². The van der Waals surface area contributed by atoms with Crippen LogP contribution in [0.2, 0.25) is 0 Å². The molecule has 106 valence electrons. The van der Waals surface area contributed by atoms with E-state index in [2.05, 4.69) is 10.3 Å². The van der Waals surface area contributed by atoms with Gasteiger partial charge < -0.3 is 11.1 Å². The van der Waals surface area contributed by atoms with Crippen LogP contribution in [0.25, 0.3) is 0 Å². The fourth-order valence-corrected chi connectivity index (χ4v) is 3.45. The Morgan fingerprint density at radius 1 is 1.37 bits per heavy atom. The normalized spacial score (nSPS) is 17.2. The molecule has 1 aliphatic rings. The van der Waals surface area contributed by atoms with E-state index in [1.807, 2.05) is 6.92 Å². The highest BCUT2D eigenvalue weighted by Crippen LogP contribution is 2.28. The molecule has 19 heavy (non-hydrogen) atoms. The molecule has 1 unspecified atom stereocenters. The topological polar surface area (TPSA) is 68.0 Å². The van der Waals surface area contributed by atoms with Crippen molar-refractivity contribution in [3.05, 3.63) is 10.6 Å². The largest absolute Gasteiger partial charge is 0.320 e. The third-order valence-electron chi connectivity index (χ3n) is 3.51. The summed E-state index contributed by atoms with van der Waals surface area (Å²) < 4.78 is 0. The molecule has 1 amide bonds. The summed E-state index contributed by atoms with van der Waals surface area (Å²) in [5, 5.41) is 3.59. The summed E-state index contributed by atoms with van der Waals surface area (Å²) in [7, 11) is 0. The zero-order chi connectivity index (χ0) is 13.7. The molecule has 0 saturated carbocycles. The van der Waals surface area contributed by atoms with Crippen LogP contribution in [0.3, 0.4) is 0 Å². The van der Waals surface area contributed by atoms with Gasteiger partial charge in [-0.3, -0.25) is 4.79 Å². The number of amides is 1. The number of nitrogens with one attached hydrogen (secondary N) is 1. The van der Waals surface area contributed by atoms with Crippen molar-refractivity contribution in [1.29, 1.82) is 0 Å². The van der Waals surface area contributed by atoms with Crippen molar-refractivity contribution < 1.29 is 4.79 Å². The van der Waals surface area contributed by atoms with Crippen molar-refractivity contribution in [2.75, 3.05) is 5.32 Å². The molecule has 5 heteroatoms. The number of carbonyl (C=O) groups excluding carboxylic acids is 1. The van der Waals surface area contributed by atoms with Gasteiger partial charge in [0.25, 0.3) is 0 Å². The molecule has 0 saturated heterocycles. The fraction of sp³-hybridized carbons (Fsp3) is 0.714. The lowest BCUT2D eigenvalue weighted by molar-refractivity contribution is -0.117. The highest BCUT2D eigenvalue weighted by atomic mass is 32.1. The average Bonchev–Trinajstić information content (AvgIpc) is 2.71. The first-order chi connectivity index (χ1) is 9.20. The lowest BCUT2D eigenvalue weighted by atomic mass is 10.0. The standard InChI is InChI=1S/C14H23N3OS/c1-2-7-10(15)13(18)17-14-16-11-8-5-3-4-6-9-12(11)19-14/h10H,2-9,15H2,1H3,(H,16,17,18). The molecule has 0 spiro atoms. The summed E-state index contributed by atoms with van der Waals surface area (Å²) in [5.74, 6) is -0.108. The van der Waals surface area contributed by atoms with Gasteiger partial charge in [-0.05, 0) is 32.1 Å². The molecular formula is C14H23N3OS. The van der Waals surface area contributed by atoms with Crippen molar-refractivity contribution >= 4 is 22.4 Å². The molecule has 1 heterocycles. The third-order valence-corrected chi connectivity index (χ3v) is 4.59. The maximum absolute atomic E-state index is 11.9. The molecule has 0 aliphatic heterocycles. The number of nitrogens with two attached hydrogens (primary N) is 1. The van der Waals surface area contributed by atoms with E-state index in [-0.39, 0.29) is 5.91 Å². The second kappa shape index (κ2) is 7.01. The molecule has 1 aromatic rings. The molecule has 1 aromatic heterocycles. The van der Waals surface area contributed by atoms with Crippen LogP contribution in [0.5, 0.6) is 0 Å². The second-order valence-electron chi connectivity index (χ2n) is 5.19. The van der Waals surface area contributed by atoms with Crippen molar-refractivity contribution in [3.63, 3.8) is 0 Å². The molecule has 0 bridgehead atoms. The Hall–Kier alpha value is -0.940. The lowest BCUT2D eigenvalue weighted by Crippen LogP contribution is -2.35. The highest BCUT2D eigenvalue weighted by Gasteiger charge is 2.17. The third kappa shape index (κ3) is 4.01. The predicted octanol–water partition coefficient (Wildman–Crippen LogP) is 2.87. The first kappa shape index (κ1) is 14.5. The smallest absolute Gasteiger partial charge is 0.243 e. The highest BCUT2D eigenvalue weighted by molar-refractivity contribution is 7.15. The first-order valence-electron chi connectivity index (χ1n) is 7.25. The summed E-state index contributed by atoms with van der Waals surface area (Å²) in [6.07, 6.45) is 8.82. The van der Waals surface area contributed by atoms with Gasteiger partial charge in [0.1, 0.15) is 0 Å². The van der Waals surface area contributed by atoms with Crippen LogP contribution in [-0.2, 0) is 17.6 Å². The Bertz CT molecular complexity index is 405. The first-order valence-corrected chi connectivity index (χ1v) is 8.07. The van der Waals surface area contributed by atoms with Crippen LogP contribution in [-0.4, -0.2) is 16.9 Å². The van der Waals surface area contributed by atoms with Crippen LogP contribution in [0.4, 0.5) is 5.13 Å². The van der Waals surface area contributed by atoms with Gasteiger partial charge in [0, 0.05) is 4.88 Å².